The van der Waals surface area contributed by atoms with Crippen molar-refractivity contribution in [2.45, 2.75) is 39.7 Å². The van der Waals surface area contributed by atoms with Crippen LogP contribution < -0.4 is 5.32 Å². The molecule has 1 aliphatic rings. The summed E-state index contributed by atoms with van der Waals surface area (Å²) in [5.74, 6) is -1.03. The average molecular weight is 354 g/mol. The first-order valence-corrected chi connectivity index (χ1v) is 8.63. The van der Waals surface area contributed by atoms with Gasteiger partial charge in [-0.15, -0.1) is 0 Å². The molecule has 0 radical (unpaired) electrons. The van der Waals surface area contributed by atoms with Crippen LogP contribution in [0, 0.1) is 13.8 Å². The lowest BCUT2D eigenvalue weighted by Crippen LogP contribution is -2.15. The zero-order chi connectivity index (χ0) is 18.8. The van der Waals surface area contributed by atoms with Crippen molar-refractivity contribution in [3.05, 3.63) is 52.8 Å². The van der Waals surface area contributed by atoms with Crippen LogP contribution in [0.1, 0.15) is 57.9 Å². The van der Waals surface area contributed by atoms with Gasteiger partial charge in [-0.2, -0.15) is 0 Å². The lowest BCUT2D eigenvalue weighted by atomic mass is 10.1. The molecule has 1 fully saturated rings. The summed E-state index contributed by atoms with van der Waals surface area (Å²) in [5.41, 5.74) is 3.38. The summed E-state index contributed by atoms with van der Waals surface area (Å²) < 4.78 is 7.36. The number of carbonyl (C=O) groups is 3. The molecule has 1 amide bonds. The lowest BCUT2D eigenvalue weighted by Gasteiger charge is -2.08. The quantitative estimate of drug-likeness (QED) is 0.637. The Balaban J connectivity index is 1.65. The number of carbonyl (C=O) groups excluding carboxylic acids is 3. The van der Waals surface area contributed by atoms with Gasteiger partial charge >= 0.3 is 5.97 Å². The third-order valence-corrected chi connectivity index (χ3v) is 4.45. The van der Waals surface area contributed by atoms with E-state index in [0.717, 1.165) is 24.2 Å². The van der Waals surface area contributed by atoms with E-state index in [1.807, 2.05) is 19.9 Å². The van der Waals surface area contributed by atoms with Crippen molar-refractivity contribution in [3.8, 4) is 0 Å². The summed E-state index contributed by atoms with van der Waals surface area (Å²) in [6, 6.07) is 8.78. The number of anilines is 1. The highest BCUT2D eigenvalue weighted by Gasteiger charge is 2.28. The van der Waals surface area contributed by atoms with Crippen LogP contribution in [-0.4, -0.2) is 28.8 Å². The van der Waals surface area contributed by atoms with E-state index in [1.54, 1.807) is 18.2 Å². The number of nitrogens with one attached hydrogen (secondary N) is 1. The van der Waals surface area contributed by atoms with Crippen molar-refractivity contribution in [2.75, 3.05) is 11.9 Å². The van der Waals surface area contributed by atoms with Crippen LogP contribution in [0.4, 0.5) is 5.69 Å². The predicted molar refractivity (Wildman–Crippen MR) is 97.5 cm³/mol. The summed E-state index contributed by atoms with van der Waals surface area (Å²) in [6.45, 7) is 5.00. The number of rotatable bonds is 6. The number of hydrogen-bond acceptors (Lipinski definition) is 4. The third kappa shape index (κ3) is 3.85. The minimum absolute atomic E-state index is 0.212. The van der Waals surface area contributed by atoms with Crippen molar-refractivity contribution < 1.29 is 19.1 Å². The number of benzene rings is 1. The minimum atomic E-state index is -0.596. The highest BCUT2D eigenvalue weighted by atomic mass is 16.5. The number of amides is 1. The van der Waals surface area contributed by atoms with Crippen LogP contribution in [0.15, 0.2) is 30.3 Å². The number of esters is 1. The van der Waals surface area contributed by atoms with Gasteiger partial charge in [-0.25, -0.2) is 4.79 Å². The predicted octanol–water partition coefficient (Wildman–Crippen LogP) is 3.44. The molecule has 0 unspecified atom stereocenters. The standard InChI is InChI=1S/C20H22N2O4/c1-12-9-18(13(2)22(12)17-7-8-17)19(24)11-26-20(25)15-5-4-6-16(10-15)21-14(3)23/h4-6,9-10,17H,7-8,11H2,1-3H3,(H,21,23). The summed E-state index contributed by atoms with van der Waals surface area (Å²) in [4.78, 5) is 35.8. The first kappa shape index (κ1) is 17.9. The number of aryl methyl sites for hydroxylation is 1. The molecule has 3 rings (SSSR count). The van der Waals surface area contributed by atoms with Gasteiger partial charge in [0.1, 0.15) is 0 Å². The number of aromatic nitrogens is 1. The fraction of sp³-hybridized carbons (Fsp3) is 0.350. The molecule has 0 aliphatic heterocycles. The maximum absolute atomic E-state index is 12.5. The van der Waals surface area contributed by atoms with Gasteiger partial charge in [-0.05, 0) is 51.0 Å². The van der Waals surface area contributed by atoms with Crippen LogP contribution in [0.5, 0.6) is 0 Å². The number of Topliss-reactive ketones (excluding diaryl/α,β-unsaturated/α-hetero) is 1. The topological polar surface area (TPSA) is 77.4 Å². The van der Waals surface area contributed by atoms with Crippen LogP contribution in [0.2, 0.25) is 0 Å². The largest absolute Gasteiger partial charge is 0.454 e. The molecular formula is C20H22N2O4. The van der Waals surface area contributed by atoms with Gasteiger partial charge in [-0.1, -0.05) is 6.07 Å². The summed E-state index contributed by atoms with van der Waals surface area (Å²) in [7, 11) is 0. The van der Waals surface area contributed by atoms with Crippen LogP contribution in [-0.2, 0) is 9.53 Å². The van der Waals surface area contributed by atoms with Crippen molar-refractivity contribution in [3.63, 3.8) is 0 Å². The van der Waals surface area contributed by atoms with E-state index in [1.165, 1.54) is 13.0 Å². The Morgan fingerprint density at radius 3 is 2.58 bits per heavy atom. The van der Waals surface area contributed by atoms with Crippen molar-refractivity contribution >= 4 is 23.3 Å². The normalized spacial score (nSPS) is 13.3. The molecule has 0 saturated heterocycles. The maximum atomic E-state index is 12.5. The van der Waals surface area contributed by atoms with E-state index in [-0.39, 0.29) is 23.9 Å². The molecule has 1 saturated carbocycles. The van der Waals surface area contributed by atoms with Crippen LogP contribution in [0.3, 0.4) is 0 Å². The number of ketones is 1. The summed E-state index contributed by atoms with van der Waals surface area (Å²) in [5, 5.41) is 2.61. The van der Waals surface area contributed by atoms with E-state index in [9.17, 15) is 14.4 Å². The van der Waals surface area contributed by atoms with E-state index >= 15 is 0 Å². The van der Waals surface area contributed by atoms with E-state index in [2.05, 4.69) is 9.88 Å². The zero-order valence-electron chi connectivity index (χ0n) is 15.2. The first-order valence-electron chi connectivity index (χ1n) is 8.63. The molecule has 6 heteroatoms. The zero-order valence-corrected chi connectivity index (χ0v) is 15.2. The molecule has 1 N–H and O–H groups in total. The Hall–Kier alpha value is -2.89. The van der Waals surface area contributed by atoms with Gasteiger partial charge in [0.25, 0.3) is 0 Å². The average Bonchev–Trinajstić information content (AvgIpc) is 3.37. The Kier molecular flexibility index (Phi) is 4.93. The van der Waals surface area contributed by atoms with Crippen molar-refractivity contribution in [1.82, 2.24) is 4.57 Å². The van der Waals surface area contributed by atoms with Crippen molar-refractivity contribution in [1.29, 1.82) is 0 Å². The minimum Gasteiger partial charge on any atom is -0.454 e. The Bertz CT molecular complexity index is 878. The number of ether oxygens (including phenoxy) is 1. The maximum Gasteiger partial charge on any atom is 0.338 e. The second-order valence-corrected chi connectivity index (χ2v) is 6.65. The number of nitrogens with zero attached hydrogens (tertiary/aromatic N) is 1. The van der Waals surface area contributed by atoms with E-state index < -0.39 is 5.97 Å². The summed E-state index contributed by atoms with van der Waals surface area (Å²) in [6.07, 6.45) is 2.28. The second kappa shape index (κ2) is 7.15. The van der Waals surface area contributed by atoms with E-state index in [4.69, 9.17) is 4.74 Å². The first-order chi connectivity index (χ1) is 12.4. The highest BCUT2D eigenvalue weighted by molar-refractivity contribution is 6.00. The molecular weight excluding hydrogens is 332 g/mol. The molecule has 2 aromatic rings. The molecule has 1 aliphatic carbocycles. The molecule has 0 spiro atoms. The molecule has 1 heterocycles. The van der Waals surface area contributed by atoms with Gasteiger partial charge in [0.2, 0.25) is 11.7 Å². The van der Waals surface area contributed by atoms with Crippen LogP contribution in [0.25, 0.3) is 0 Å². The van der Waals surface area contributed by atoms with Gasteiger partial charge in [0.15, 0.2) is 6.61 Å². The SMILES string of the molecule is CC(=O)Nc1cccc(C(=O)OCC(=O)c2cc(C)n(C3CC3)c2C)c1. The Morgan fingerprint density at radius 1 is 1.19 bits per heavy atom. The van der Waals surface area contributed by atoms with Crippen LogP contribution >= 0.6 is 0 Å². The fourth-order valence-corrected chi connectivity index (χ4v) is 3.17. The highest BCUT2D eigenvalue weighted by Crippen LogP contribution is 2.38. The fourth-order valence-electron chi connectivity index (χ4n) is 3.17. The third-order valence-electron chi connectivity index (χ3n) is 4.45. The van der Waals surface area contributed by atoms with Crippen molar-refractivity contribution in [2.24, 2.45) is 0 Å². The molecule has 26 heavy (non-hydrogen) atoms. The van der Waals surface area contributed by atoms with Gasteiger partial charge in [0.05, 0.1) is 5.56 Å². The molecule has 1 aromatic carbocycles. The number of hydrogen-bond donors (Lipinski definition) is 1. The van der Waals surface area contributed by atoms with Gasteiger partial charge in [0, 0.05) is 35.6 Å². The Morgan fingerprint density at radius 2 is 1.92 bits per heavy atom. The molecule has 1 aromatic heterocycles. The molecule has 136 valence electrons. The molecule has 6 nitrogen and oxygen atoms in total. The second-order valence-electron chi connectivity index (χ2n) is 6.65. The molecule has 0 bridgehead atoms. The lowest BCUT2D eigenvalue weighted by molar-refractivity contribution is -0.114. The Labute approximate surface area is 152 Å². The summed E-state index contributed by atoms with van der Waals surface area (Å²) >= 11 is 0. The van der Waals surface area contributed by atoms with Gasteiger partial charge in [-0.3, -0.25) is 9.59 Å². The smallest absolute Gasteiger partial charge is 0.338 e. The molecule has 0 atom stereocenters. The van der Waals surface area contributed by atoms with E-state index in [0.29, 0.717) is 17.3 Å². The monoisotopic (exact) mass is 354 g/mol. The van der Waals surface area contributed by atoms with Gasteiger partial charge < -0.3 is 14.6 Å².